The van der Waals surface area contributed by atoms with E-state index in [1.54, 1.807) is 0 Å². The van der Waals surface area contributed by atoms with Gasteiger partial charge in [-0.1, -0.05) is 0 Å². The fourth-order valence-electron chi connectivity index (χ4n) is 1.84. The number of nitrogen functional groups attached to an aromatic ring is 1. The van der Waals surface area contributed by atoms with Gasteiger partial charge >= 0.3 is 12.4 Å². The van der Waals surface area contributed by atoms with E-state index < -0.39 is 23.5 Å². The Hall–Kier alpha value is -2.32. The van der Waals surface area contributed by atoms with Gasteiger partial charge in [0.1, 0.15) is 0 Å². The molecule has 0 atom stereocenters. The average molecular weight is 321 g/mol. The summed E-state index contributed by atoms with van der Waals surface area (Å²) in [7, 11) is 0. The van der Waals surface area contributed by atoms with E-state index in [4.69, 9.17) is 5.73 Å². The molecule has 0 saturated carbocycles. The summed E-state index contributed by atoms with van der Waals surface area (Å²) in [6, 6.07) is 2.77. The van der Waals surface area contributed by atoms with Gasteiger partial charge in [0.05, 0.1) is 16.8 Å². The summed E-state index contributed by atoms with van der Waals surface area (Å²) in [4.78, 5) is 7.36. The number of hydrogen-bond acceptors (Lipinski definition) is 3. The number of benzene rings is 1. The molecule has 0 unspecified atom stereocenters. The van der Waals surface area contributed by atoms with E-state index in [2.05, 4.69) is 9.97 Å². The maximum Gasteiger partial charge on any atom is 0.416 e. The van der Waals surface area contributed by atoms with Gasteiger partial charge in [-0.2, -0.15) is 26.3 Å². The molecule has 2 rings (SSSR count). The zero-order chi connectivity index (χ0) is 16.5. The third-order valence-electron chi connectivity index (χ3n) is 2.76. The molecule has 0 saturated heterocycles. The van der Waals surface area contributed by atoms with Crippen LogP contribution in [0.2, 0.25) is 0 Å². The standard InChI is InChI=1S/C13H9F6N3/c14-12(15,16)8-3-7(4-9(6-8)13(17,18)19)5-10-1-2-21-11(20)22-10/h1-4,6H,5H2,(H2,20,21,22). The van der Waals surface area contributed by atoms with Crippen LogP contribution in [-0.2, 0) is 18.8 Å². The molecule has 0 fully saturated rings. The number of nitrogens with zero attached hydrogens (tertiary/aromatic N) is 2. The number of rotatable bonds is 2. The normalized spacial score (nSPS) is 12.5. The predicted molar refractivity (Wildman–Crippen MR) is 65.7 cm³/mol. The summed E-state index contributed by atoms with van der Waals surface area (Å²) >= 11 is 0. The molecule has 1 aromatic carbocycles. The summed E-state index contributed by atoms with van der Waals surface area (Å²) in [5, 5.41) is 0. The first-order chi connectivity index (χ1) is 10.1. The minimum atomic E-state index is -4.87. The molecule has 1 aromatic heterocycles. The van der Waals surface area contributed by atoms with Crippen LogP contribution in [0.1, 0.15) is 22.4 Å². The number of aromatic nitrogens is 2. The van der Waals surface area contributed by atoms with Crippen LogP contribution in [0.4, 0.5) is 32.3 Å². The van der Waals surface area contributed by atoms with Crippen LogP contribution in [-0.4, -0.2) is 9.97 Å². The van der Waals surface area contributed by atoms with Gasteiger partial charge in [0.15, 0.2) is 0 Å². The third kappa shape index (κ3) is 3.86. The Morgan fingerprint density at radius 1 is 0.909 bits per heavy atom. The van der Waals surface area contributed by atoms with Gasteiger partial charge in [-0.25, -0.2) is 9.97 Å². The smallest absolute Gasteiger partial charge is 0.368 e. The maximum absolute atomic E-state index is 12.7. The Balaban J connectivity index is 2.46. The summed E-state index contributed by atoms with van der Waals surface area (Å²) in [6.07, 6.45) is -8.70. The first-order valence-corrected chi connectivity index (χ1v) is 5.91. The van der Waals surface area contributed by atoms with Gasteiger partial charge in [0, 0.05) is 12.6 Å². The van der Waals surface area contributed by atoms with Gasteiger partial charge in [0.2, 0.25) is 5.95 Å². The van der Waals surface area contributed by atoms with Crippen molar-refractivity contribution in [3.05, 3.63) is 52.8 Å². The van der Waals surface area contributed by atoms with Crippen LogP contribution < -0.4 is 5.73 Å². The van der Waals surface area contributed by atoms with Crippen molar-refractivity contribution in [2.45, 2.75) is 18.8 Å². The highest BCUT2D eigenvalue weighted by Gasteiger charge is 2.36. The molecule has 0 bridgehead atoms. The Labute approximate surface area is 120 Å². The molecule has 0 radical (unpaired) electrons. The molecular weight excluding hydrogens is 312 g/mol. The summed E-state index contributed by atoms with van der Waals surface area (Å²) < 4.78 is 76.4. The molecule has 118 valence electrons. The number of halogens is 6. The number of alkyl halides is 6. The highest BCUT2D eigenvalue weighted by atomic mass is 19.4. The van der Waals surface area contributed by atoms with Gasteiger partial charge in [-0.15, -0.1) is 0 Å². The molecular formula is C13H9F6N3. The third-order valence-corrected chi connectivity index (χ3v) is 2.76. The Kier molecular flexibility index (Phi) is 3.99. The largest absolute Gasteiger partial charge is 0.416 e. The van der Waals surface area contributed by atoms with Gasteiger partial charge < -0.3 is 5.73 Å². The van der Waals surface area contributed by atoms with E-state index in [1.165, 1.54) is 12.3 Å². The fraction of sp³-hybridized carbons (Fsp3) is 0.231. The van der Waals surface area contributed by atoms with Crippen molar-refractivity contribution in [3.63, 3.8) is 0 Å². The zero-order valence-electron chi connectivity index (χ0n) is 10.8. The number of anilines is 1. The molecule has 9 heteroatoms. The second-order valence-corrected chi connectivity index (χ2v) is 4.50. The minimum absolute atomic E-state index is 0.0812. The molecule has 2 aromatic rings. The molecule has 0 amide bonds. The Morgan fingerprint density at radius 3 is 1.91 bits per heavy atom. The molecule has 2 N–H and O–H groups in total. The lowest BCUT2D eigenvalue weighted by Crippen LogP contribution is -2.12. The van der Waals surface area contributed by atoms with Crippen molar-refractivity contribution in [2.24, 2.45) is 0 Å². The van der Waals surface area contributed by atoms with Crippen molar-refractivity contribution >= 4 is 5.95 Å². The minimum Gasteiger partial charge on any atom is -0.368 e. The summed E-state index contributed by atoms with van der Waals surface area (Å²) in [5.74, 6) is -0.111. The van der Waals surface area contributed by atoms with Gasteiger partial charge in [-0.3, -0.25) is 0 Å². The molecule has 22 heavy (non-hydrogen) atoms. The van der Waals surface area contributed by atoms with Crippen molar-refractivity contribution in [2.75, 3.05) is 5.73 Å². The van der Waals surface area contributed by atoms with Gasteiger partial charge in [0.25, 0.3) is 0 Å². The number of nitrogens with two attached hydrogens (primary N) is 1. The van der Waals surface area contributed by atoms with Crippen molar-refractivity contribution < 1.29 is 26.3 Å². The van der Waals surface area contributed by atoms with Crippen LogP contribution in [0.25, 0.3) is 0 Å². The molecule has 0 spiro atoms. The quantitative estimate of drug-likeness (QED) is 0.858. The molecule has 0 aliphatic heterocycles. The van der Waals surface area contributed by atoms with E-state index in [9.17, 15) is 26.3 Å². The zero-order valence-corrected chi connectivity index (χ0v) is 10.8. The lowest BCUT2D eigenvalue weighted by molar-refractivity contribution is -0.143. The van der Waals surface area contributed by atoms with Crippen molar-refractivity contribution in [3.8, 4) is 0 Å². The van der Waals surface area contributed by atoms with Crippen LogP contribution in [0, 0.1) is 0 Å². The van der Waals surface area contributed by atoms with Crippen molar-refractivity contribution in [1.82, 2.24) is 9.97 Å². The van der Waals surface area contributed by atoms with Gasteiger partial charge in [-0.05, 0) is 29.8 Å². The van der Waals surface area contributed by atoms with Crippen LogP contribution in [0.5, 0.6) is 0 Å². The van der Waals surface area contributed by atoms with E-state index >= 15 is 0 Å². The van der Waals surface area contributed by atoms with Crippen molar-refractivity contribution in [1.29, 1.82) is 0 Å². The first kappa shape index (κ1) is 16.1. The van der Waals surface area contributed by atoms with E-state index in [1.807, 2.05) is 0 Å². The highest BCUT2D eigenvalue weighted by Crippen LogP contribution is 2.36. The van der Waals surface area contributed by atoms with Crippen LogP contribution in [0.3, 0.4) is 0 Å². The maximum atomic E-state index is 12.7. The molecule has 0 aliphatic carbocycles. The van der Waals surface area contributed by atoms with E-state index in [0.717, 1.165) is 0 Å². The van der Waals surface area contributed by atoms with E-state index in [0.29, 0.717) is 12.1 Å². The summed E-state index contributed by atoms with van der Waals surface area (Å²) in [6.45, 7) is 0. The second kappa shape index (κ2) is 5.47. The predicted octanol–water partition coefficient (Wildman–Crippen LogP) is 3.69. The average Bonchev–Trinajstić information content (AvgIpc) is 2.36. The second-order valence-electron chi connectivity index (χ2n) is 4.50. The number of hydrogen-bond donors (Lipinski definition) is 1. The highest BCUT2D eigenvalue weighted by molar-refractivity contribution is 5.36. The molecule has 0 aliphatic rings. The summed E-state index contributed by atoms with van der Waals surface area (Å²) in [5.41, 5.74) is 2.66. The first-order valence-electron chi connectivity index (χ1n) is 5.91. The molecule has 3 nitrogen and oxygen atoms in total. The topological polar surface area (TPSA) is 51.8 Å². The SMILES string of the molecule is Nc1nccc(Cc2cc(C(F)(F)F)cc(C(F)(F)F)c2)n1. The lowest BCUT2D eigenvalue weighted by atomic mass is 10.0. The Morgan fingerprint density at radius 2 is 1.45 bits per heavy atom. The van der Waals surface area contributed by atoms with E-state index in [-0.39, 0.29) is 29.7 Å². The Bertz CT molecular complexity index is 646. The van der Waals surface area contributed by atoms with Crippen LogP contribution >= 0.6 is 0 Å². The van der Waals surface area contributed by atoms with Crippen LogP contribution in [0.15, 0.2) is 30.5 Å². The fourth-order valence-corrected chi connectivity index (χ4v) is 1.84. The molecule has 1 heterocycles. The lowest BCUT2D eigenvalue weighted by Gasteiger charge is -2.14. The monoisotopic (exact) mass is 321 g/mol.